The standard InChI is InChI=1S/C13H15Cl2N3O2S/c1-10(9-16)17-4-6-18(7-5-17)21(19,20)13-8-11(14)2-3-12(13)15/h2-3,8,10H,4-7H2,1H3/t10-/m1/s1. The highest BCUT2D eigenvalue weighted by molar-refractivity contribution is 7.89. The molecule has 1 heterocycles. The minimum atomic E-state index is -3.66. The molecule has 0 aromatic heterocycles. The predicted molar refractivity (Wildman–Crippen MR) is 81.9 cm³/mol. The number of hydrogen-bond donors (Lipinski definition) is 0. The van der Waals surface area contributed by atoms with Gasteiger partial charge in [-0.05, 0) is 25.1 Å². The van der Waals surface area contributed by atoms with Crippen molar-refractivity contribution in [2.24, 2.45) is 0 Å². The van der Waals surface area contributed by atoms with Gasteiger partial charge in [0.15, 0.2) is 0 Å². The van der Waals surface area contributed by atoms with Crippen molar-refractivity contribution in [2.45, 2.75) is 17.9 Å². The van der Waals surface area contributed by atoms with Crippen LogP contribution >= 0.6 is 23.2 Å². The average Bonchev–Trinajstić information content (AvgIpc) is 2.49. The number of piperazine rings is 1. The summed E-state index contributed by atoms with van der Waals surface area (Å²) in [7, 11) is -3.66. The van der Waals surface area contributed by atoms with Crippen LogP contribution in [-0.2, 0) is 10.0 Å². The van der Waals surface area contributed by atoms with Crippen LogP contribution in [0.3, 0.4) is 0 Å². The first-order valence-electron chi connectivity index (χ1n) is 6.45. The van der Waals surface area contributed by atoms with Gasteiger partial charge in [-0.25, -0.2) is 8.42 Å². The second kappa shape index (κ2) is 6.51. The number of benzene rings is 1. The molecule has 1 aromatic carbocycles. The summed E-state index contributed by atoms with van der Waals surface area (Å²) in [5.41, 5.74) is 0. The van der Waals surface area contributed by atoms with E-state index < -0.39 is 10.0 Å². The Morgan fingerprint density at radius 2 is 1.86 bits per heavy atom. The van der Waals surface area contributed by atoms with E-state index in [9.17, 15) is 8.42 Å². The first-order chi connectivity index (χ1) is 9.86. The number of nitrogens with zero attached hydrogens (tertiary/aromatic N) is 3. The van der Waals surface area contributed by atoms with Crippen molar-refractivity contribution in [3.63, 3.8) is 0 Å². The van der Waals surface area contributed by atoms with Gasteiger partial charge in [0.05, 0.1) is 17.1 Å². The fourth-order valence-corrected chi connectivity index (χ4v) is 4.39. The molecular weight excluding hydrogens is 333 g/mol. The van der Waals surface area contributed by atoms with Crippen molar-refractivity contribution in [3.05, 3.63) is 28.2 Å². The Morgan fingerprint density at radius 1 is 1.24 bits per heavy atom. The summed E-state index contributed by atoms with van der Waals surface area (Å²) >= 11 is 11.8. The van der Waals surface area contributed by atoms with Gasteiger partial charge in [-0.1, -0.05) is 23.2 Å². The van der Waals surface area contributed by atoms with Crippen molar-refractivity contribution in [1.82, 2.24) is 9.21 Å². The Labute approximate surface area is 134 Å². The number of hydrogen-bond acceptors (Lipinski definition) is 4. The molecule has 0 aliphatic carbocycles. The zero-order valence-corrected chi connectivity index (χ0v) is 13.8. The third-order valence-electron chi connectivity index (χ3n) is 3.52. The molecule has 0 unspecified atom stereocenters. The van der Waals surface area contributed by atoms with E-state index in [0.717, 1.165) is 0 Å². The largest absolute Gasteiger partial charge is 0.286 e. The van der Waals surface area contributed by atoms with Crippen LogP contribution in [0.2, 0.25) is 10.0 Å². The van der Waals surface area contributed by atoms with Gasteiger partial charge in [0.1, 0.15) is 4.90 Å². The molecule has 1 aliphatic heterocycles. The maximum absolute atomic E-state index is 12.6. The summed E-state index contributed by atoms with van der Waals surface area (Å²) in [6.07, 6.45) is 0. The highest BCUT2D eigenvalue weighted by Crippen LogP contribution is 2.28. The molecule has 1 fully saturated rings. The topological polar surface area (TPSA) is 64.4 Å². The predicted octanol–water partition coefficient (Wildman–Crippen LogP) is 2.21. The summed E-state index contributed by atoms with van der Waals surface area (Å²) in [6.45, 7) is 3.50. The van der Waals surface area contributed by atoms with E-state index in [1.165, 1.54) is 16.4 Å². The Morgan fingerprint density at radius 3 is 2.43 bits per heavy atom. The number of halogens is 2. The SMILES string of the molecule is C[C@H](C#N)N1CCN(S(=O)(=O)c2cc(Cl)ccc2Cl)CC1. The second-order valence-corrected chi connectivity index (χ2v) is 7.57. The molecule has 0 bridgehead atoms. The lowest BCUT2D eigenvalue weighted by molar-refractivity contribution is 0.169. The minimum absolute atomic E-state index is 0.0263. The van der Waals surface area contributed by atoms with Crippen LogP contribution < -0.4 is 0 Å². The number of nitriles is 1. The molecule has 1 aromatic rings. The molecule has 1 atom stereocenters. The molecule has 0 N–H and O–H groups in total. The third-order valence-corrected chi connectivity index (χ3v) is 6.13. The molecule has 5 nitrogen and oxygen atoms in total. The lowest BCUT2D eigenvalue weighted by Gasteiger charge is -2.35. The first kappa shape index (κ1) is 16.5. The maximum Gasteiger partial charge on any atom is 0.244 e. The molecule has 0 radical (unpaired) electrons. The monoisotopic (exact) mass is 347 g/mol. The third kappa shape index (κ3) is 3.50. The zero-order chi connectivity index (χ0) is 15.6. The van der Waals surface area contributed by atoms with E-state index in [0.29, 0.717) is 31.2 Å². The van der Waals surface area contributed by atoms with Crippen molar-refractivity contribution in [3.8, 4) is 6.07 Å². The van der Waals surface area contributed by atoms with Crippen molar-refractivity contribution >= 4 is 33.2 Å². The van der Waals surface area contributed by atoms with Crippen molar-refractivity contribution in [1.29, 1.82) is 5.26 Å². The Balaban J connectivity index is 2.19. The van der Waals surface area contributed by atoms with Crippen LogP contribution in [0.15, 0.2) is 23.1 Å². The Bertz CT molecular complexity index is 664. The van der Waals surface area contributed by atoms with E-state index >= 15 is 0 Å². The highest BCUT2D eigenvalue weighted by atomic mass is 35.5. The van der Waals surface area contributed by atoms with Crippen LogP contribution in [0.1, 0.15) is 6.92 Å². The van der Waals surface area contributed by atoms with Gasteiger partial charge < -0.3 is 0 Å². The minimum Gasteiger partial charge on any atom is -0.286 e. The van der Waals surface area contributed by atoms with Crippen LogP contribution in [0.25, 0.3) is 0 Å². The van der Waals surface area contributed by atoms with E-state index in [2.05, 4.69) is 6.07 Å². The molecule has 0 spiro atoms. The fourth-order valence-electron chi connectivity index (χ4n) is 2.23. The summed E-state index contributed by atoms with van der Waals surface area (Å²) in [5, 5.41) is 9.39. The maximum atomic E-state index is 12.6. The highest BCUT2D eigenvalue weighted by Gasteiger charge is 2.31. The summed E-state index contributed by atoms with van der Waals surface area (Å²) in [4.78, 5) is 1.98. The van der Waals surface area contributed by atoms with E-state index in [-0.39, 0.29) is 16.0 Å². The number of rotatable bonds is 3. The van der Waals surface area contributed by atoms with Crippen LogP contribution in [0.4, 0.5) is 0 Å². The lowest BCUT2D eigenvalue weighted by Crippen LogP contribution is -2.50. The average molecular weight is 348 g/mol. The van der Waals surface area contributed by atoms with Crippen molar-refractivity contribution in [2.75, 3.05) is 26.2 Å². The summed E-state index contributed by atoms with van der Waals surface area (Å²) in [6, 6.07) is 6.33. The molecule has 114 valence electrons. The molecule has 1 saturated heterocycles. The van der Waals surface area contributed by atoms with Gasteiger partial charge in [-0.3, -0.25) is 4.90 Å². The van der Waals surface area contributed by atoms with Gasteiger partial charge >= 0.3 is 0 Å². The number of sulfonamides is 1. The lowest BCUT2D eigenvalue weighted by atomic mass is 10.2. The van der Waals surface area contributed by atoms with Gasteiger partial charge in [0, 0.05) is 31.2 Å². The van der Waals surface area contributed by atoms with E-state index in [4.69, 9.17) is 28.5 Å². The molecule has 21 heavy (non-hydrogen) atoms. The summed E-state index contributed by atoms with van der Waals surface area (Å²) in [5.74, 6) is 0. The molecule has 0 amide bonds. The fraction of sp³-hybridized carbons (Fsp3) is 0.462. The smallest absolute Gasteiger partial charge is 0.244 e. The van der Waals surface area contributed by atoms with Gasteiger partial charge in [0.2, 0.25) is 10.0 Å². The first-order valence-corrected chi connectivity index (χ1v) is 8.64. The Hall–Kier alpha value is -0.840. The van der Waals surface area contributed by atoms with E-state index in [1.54, 1.807) is 13.0 Å². The molecule has 1 aliphatic rings. The molecule has 2 rings (SSSR count). The van der Waals surface area contributed by atoms with E-state index in [1.807, 2.05) is 4.90 Å². The van der Waals surface area contributed by atoms with Crippen molar-refractivity contribution < 1.29 is 8.42 Å². The molecule has 0 saturated carbocycles. The van der Waals surface area contributed by atoms with Gasteiger partial charge in [0.25, 0.3) is 0 Å². The van der Waals surface area contributed by atoms with Gasteiger partial charge in [-0.2, -0.15) is 9.57 Å². The normalized spacial score (nSPS) is 19.1. The molecular formula is C13H15Cl2N3O2S. The Kier molecular flexibility index (Phi) is 5.12. The molecule has 8 heteroatoms. The summed E-state index contributed by atoms with van der Waals surface area (Å²) < 4.78 is 26.6. The zero-order valence-electron chi connectivity index (χ0n) is 11.5. The quantitative estimate of drug-likeness (QED) is 0.840. The second-order valence-electron chi connectivity index (χ2n) is 4.82. The van der Waals surface area contributed by atoms with Crippen LogP contribution in [0.5, 0.6) is 0 Å². The van der Waals surface area contributed by atoms with Crippen LogP contribution in [0, 0.1) is 11.3 Å². The van der Waals surface area contributed by atoms with Gasteiger partial charge in [-0.15, -0.1) is 0 Å². The van der Waals surface area contributed by atoms with Crippen LogP contribution in [-0.4, -0.2) is 49.8 Å².